The third kappa shape index (κ3) is 1.53. The fourth-order valence-electron chi connectivity index (χ4n) is 1.74. The van der Waals surface area contributed by atoms with E-state index in [1.807, 2.05) is 19.9 Å². The fourth-order valence-corrected chi connectivity index (χ4v) is 1.74. The van der Waals surface area contributed by atoms with Gasteiger partial charge in [0, 0.05) is 5.54 Å². The van der Waals surface area contributed by atoms with E-state index in [1.165, 1.54) is 11.1 Å². The van der Waals surface area contributed by atoms with Gasteiger partial charge in [0.25, 0.3) is 0 Å². The lowest BCUT2D eigenvalue weighted by molar-refractivity contribution is 0.475. The summed E-state index contributed by atoms with van der Waals surface area (Å²) < 4.78 is 0. The molecule has 0 fully saturated rings. The average molecular weight is 189 g/mol. The Kier molecular flexibility index (Phi) is 1.89. The minimum atomic E-state index is -0.269. The lowest BCUT2D eigenvalue weighted by atomic mass is 9.94. The van der Waals surface area contributed by atoms with Crippen LogP contribution in [-0.4, -0.2) is 10.6 Å². The summed E-state index contributed by atoms with van der Waals surface area (Å²) in [5, 5.41) is 9.32. The summed E-state index contributed by atoms with van der Waals surface area (Å²) in [7, 11) is 0. The minimum Gasteiger partial charge on any atom is -0.508 e. The summed E-state index contributed by atoms with van der Waals surface area (Å²) in [4.78, 5) is 0. The average Bonchev–Trinajstić information content (AvgIpc) is 2.45. The second-order valence-electron chi connectivity index (χ2n) is 4.45. The highest BCUT2D eigenvalue weighted by Crippen LogP contribution is 2.32. The van der Waals surface area contributed by atoms with Gasteiger partial charge in [-0.2, -0.15) is 0 Å². The van der Waals surface area contributed by atoms with Crippen LogP contribution >= 0.6 is 0 Å². The molecular weight excluding hydrogens is 174 g/mol. The first-order valence-electron chi connectivity index (χ1n) is 4.78. The van der Waals surface area contributed by atoms with Gasteiger partial charge in [0.2, 0.25) is 0 Å². The number of hydrogen-bond acceptors (Lipinski definition) is 2. The molecule has 0 spiro atoms. The summed E-state index contributed by atoms with van der Waals surface area (Å²) >= 11 is 0. The normalized spacial score (nSPS) is 15.2. The summed E-state index contributed by atoms with van der Waals surface area (Å²) in [5.41, 5.74) is 9.32. The molecule has 3 N–H and O–H groups in total. The molecule has 0 aromatic heterocycles. The lowest BCUT2D eigenvalue weighted by Gasteiger charge is -2.20. The number of fused-ring (bicyclic) bond motifs is 1. The van der Waals surface area contributed by atoms with Crippen LogP contribution < -0.4 is 5.73 Å². The van der Waals surface area contributed by atoms with E-state index < -0.39 is 0 Å². The van der Waals surface area contributed by atoms with Crippen molar-refractivity contribution in [2.75, 3.05) is 0 Å². The van der Waals surface area contributed by atoms with Gasteiger partial charge in [-0.25, -0.2) is 0 Å². The second kappa shape index (κ2) is 2.85. The van der Waals surface area contributed by atoms with Crippen molar-refractivity contribution in [3.05, 3.63) is 34.9 Å². The van der Waals surface area contributed by atoms with Crippen molar-refractivity contribution in [1.82, 2.24) is 0 Å². The van der Waals surface area contributed by atoms with Gasteiger partial charge in [-0.1, -0.05) is 12.1 Å². The minimum absolute atomic E-state index is 0.269. The summed E-state index contributed by atoms with van der Waals surface area (Å²) in [5.74, 6) is 0.316. The van der Waals surface area contributed by atoms with Crippen LogP contribution in [0.5, 0.6) is 5.75 Å². The molecule has 1 aromatic carbocycles. The van der Waals surface area contributed by atoms with E-state index in [4.69, 9.17) is 5.73 Å². The molecule has 0 amide bonds. The van der Waals surface area contributed by atoms with Crippen LogP contribution in [0.25, 0.3) is 6.08 Å². The zero-order chi connectivity index (χ0) is 10.3. The highest BCUT2D eigenvalue weighted by atomic mass is 16.3. The number of aromatic hydroxyl groups is 1. The number of nitrogens with two attached hydrogens (primary N) is 1. The van der Waals surface area contributed by atoms with Gasteiger partial charge >= 0.3 is 0 Å². The molecule has 1 aliphatic rings. The number of hydrogen-bond donors (Lipinski definition) is 2. The number of phenols is 1. The van der Waals surface area contributed by atoms with Gasteiger partial charge in [0.1, 0.15) is 5.75 Å². The molecule has 0 saturated heterocycles. The van der Waals surface area contributed by atoms with Gasteiger partial charge in [-0.15, -0.1) is 0 Å². The number of phenolic OH excluding ortho intramolecular Hbond substituents is 1. The van der Waals surface area contributed by atoms with Crippen molar-refractivity contribution in [3.63, 3.8) is 0 Å². The predicted molar refractivity (Wildman–Crippen MR) is 58.1 cm³/mol. The van der Waals surface area contributed by atoms with Crippen LogP contribution in [0, 0.1) is 0 Å². The Morgan fingerprint density at radius 3 is 2.71 bits per heavy atom. The molecule has 0 atom stereocenters. The van der Waals surface area contributed by atoms with Crippen molar-refractivity contribution < 1.29 is 5.11 Å². The van der Waals surface area contributed by atoms with Crippen molar-refractivity contribution in [2.24, 2.45) is 5.73 Å². The molecule has 0 heterocycles. The molecule has 1 aliphatic carbocycles. The van der Waals surface area contributed by atoms with Crippen molar-refractivity contribution in [2.45, 2.75) is 25.8 Å². The van der Waals surface area contributed by atoms with Crippen LogP contribution in [0.4, 0.5) is 0 Å². The first kappa shape index (κ1) is 9.28. The van der Waals surface area contributed by atoms with E-state index in [9.17, 15) is 5.11 Å². The molecule has 0 radical (unpaired) electrons. The molecule has 0 aliphatic heterocycles. The molecule has 0 saturated carbocycles. The quantitative estimate of drug-likeness (QED) is 0.710. The van der Waals surface area contributed by atoms with Gasteiger partial charge in [-0.3, -0.25) is 0 Å². The van der Waals surface area contributed by atoms with Crippen LogP contribution in [0.2, 0.25) is 0 Å². The number of benzene rings is 1. The highest BCUT2D eigenvalue weighted by Gasteiger charge is 2.23. The molecule has 2 heteroatoms. The molecule has 2 nitrogen and oxygen atoms in total. The van der Waals surface area contributed by atoms with E-state index >= 15 is 0 Å². The first-order chi connectivity index (χ1) is 6.47. The Morgan fingerprint density at radius 2 is 2.07 bits per heavy atom. The molecule has 1 aromatic rings. The maximum Gasteiger partial charge on any atom is 0.116 e. The summed E-state index contributed by atoms with van der Waals surface area (Å²) in [6.07, 6.45) is 2.98. The fraction of sp³-hybridized carbons (Fsp3) is 0.333. The van der Waals surface area contributed by atoms with E-state index in [-0.39, 0.29) is 5.54 Å². The van der Waals surface area contributed by atoms with E-state index in [0.717, 1.165) is 12.0 Å². The number of rotatable bonds is 1. The van der Waals surface area contributed by atoms with Gasteiger partial charge in [-0.05, 0) is 49.1 Å². The third-order valence-corrected chi connectivity index (χ3v) is 2.67. The smallest absolute Gasteiger partial charge is 0.116 e. The molecule has 0 bridgehead atoms. The largest absolute Gasteiger partial charge is 0.508 e. The van der Waals surface area contributed by atoms with Crippen molar-refractivity contribution in [3.8, 4) is 5.75 Å². The first-order valence-corrected chi connectivity index (χ1v) is 4.78. The van der Waals surface area contributed by atoms with Crippen molar-refractivity contribution in [1.29, 1.82) is 0 Å². The van der Waals surface area contributed by atoms with Crippen LogP contribution in [-0.2, 0) is 6.42 Å². The Morgan fingerprint density at radius 1 is 1.36 bits per heavy atom. The van der Waals surface area contributed by atoms with Gasteiger partial charge < -0.3 is 10.8 Å². The van der Waals surface area contributed by atoms with Crippen LogP contribution in [0.1, 0.15) is 25.0 Å². The summed E-state index contributed by atoms with van der Waals surface area (Å²) in [6, 6.07) is 5.47. The van der Waals surface area contributed by atoms with Gasteiger partial charge in [0.15, 0.2) is 0 Å². The molecule has 74 valence electrons. The SMILES string of the molecule is CC(C)(N)C1=Cc2cc(O)ccc2C1. The zero-order valence-electron chi connectivity index (χ0n) is 8.54. The van der Waals surface area contributed by atoms with E-state index in [0.29, 0.717) is 5.75 Å². The van der Waals surface area contributed by atoms with E-state index in [2.05, 4.69) is 6.08 Å². The Balaban J connectivity index is 2.39. The van der Waals surface area contributed by atoms with Crippen LogP contribution in [0.3, 0.4) is 0 Å². The van der Waals surface area contributed by atoms with Gasteiger partial charge in [0.05, 0.1) is 0 Å². The topological polar surface area (TPSA) is 46.2 Å². The molecule has 14 heavy (non-hydrogen) atoms. The monoisotopic (exact) mass is 189 g/mol. The Labute approximate surface area is 84.1 Å². The summed E-state index contributed by atoms with van der Waals surface area (Å²) in [6.45, 7) is 4.01. The standard InChI is InChI=1S/C12H15NO/c1-12(2,13)10-5-8-3-4-11(14)7-9(8)6-10/h3-4,6-7,14H,5,13H2,1-2H3. The second-order valence-corrected chi connectivity index (χ2v) is 4.45. The maximum atomic E-state index is 9.32. The molecule has 0 unspecified atom stereocenters. The Hall–Kier alpha value is -1.28. The third-order valence-electron chi connectivity index (χ3n) is 2.67. The lowest BCUT2D eigenvalue weighted by Crippen LogP contribution is -2.34. The van der Waals surface area contributed by atoms with E-state index in [1.54, 1.807) is 12.1 Å². The van der Waals surface area contributed by atoms with Crippen LogP contribution in [0.15, 0.2) is 23.8 Å². The van der Waals surface area contributed by atoms with Crippen molar-refractivity contribution >= 4 is 6.08 Å². The predicted octanol–water partition coefficient (Wildman–Crippen LogP) is 2.07. The zero-order valence-corrected chi connectivity index (χ0v) is 8.54. The Bertz CT molecular complexity index is 399. The molecule has 2 rings (SSSR count). The highest BCUT2D eigenvalue weighted by molar-refractivity contribution is 5.66. The molecular formula is C12H15NO. The maximum absolute atomic E-state index is 9.32.